The molecular formula is C18H16N6O3S. The van der Waals surface area contributed by atoms with E-state index in [1.807, 2.05) is 30.3 Å². The highest BCUT2D eigenvalue weighted by Gasteiger charge is 2.28. The third-order valence-electron chi connectivity index (χ3n) is 3.91. The molecule has 1 aromatic carbocycles. The molecule has 0 radical (unpaired) electrons. The first-order valence-electron chi connectivity index (χ1n) is 8.34. The van der Waals surface area contributed by atoms with Crippen LogP contribution in [0.1, 0.15) is 22.5 Å². The highest BCUT2D eigenvalue weighted by atomic mass is 32.1. The number of benzene rings is 1. The maximum atomic E-state index is 12.7. The standard InChI is InChI=1S/C18H16N6O3S/c19-16(26)15(25)12(8-7-11-5-2-1-3-6-11)22-18(27)14-13(23-28-24-14)17-20-9-4-10-21-17/h1-6,9-10,12H,7-8H2,(H2,19,26)(H,22,27). The number of aromatic nitrogens is 4. The summed E-state index contributed by atoms with van der Waals surface area (Å²) in [4.78, 5) is 44.4. The molecule has 10 heteroatoms. The molecule has 28 heavy (non-hydrogen) atoms. The summed E-state index contributed by atoms with van der Waals surface area (Å²) in [5.74, 6) is -2.39. The quantitative estimate of drug-likeness (QED) is 0.536. The van der Waals surface area contributed by atoms with E-state index in [0.29, 0.717) is 6.42 Å². The zero-order chi connectivity index (χ0) is 19.9. The van der Waals surface area contributed by atoms with E-state index < -0.39 is 23.6 Å². The fraction of sp³-hybridized carbons (Fsp3) is 0.167. The first-order valence-corrected chi connectivity index (χ1v) is 9.07. The lowest BCUT2D eigenvalue weighted by Gasteiger charge is -2.15. The largest absolute Gasteiger partial charge is 0.363 e. The predicted octanol–water partition coefficient (Wildman–Crippen LogP) is 0.781. The Bertz CT molecular complexity index is 977. The number of hydrogen-bond donors (Lipinski definition) is 2. The van der Waals surface area contributed by atoms with E-state index >= 15 is 0 Å². The van der Waals surface area contributed by atoms with E-state index in [9.17, 15) is 14.4 Å². The molecule has 0 fully saturated rings. The maximum absolute atomic E-state index is 12.7. The number of nitrogens with two attached hydrogens (primary N) is 1. The minimum absolute atomic E-state index is 0.0156. The SMILES string of the molecule is NC(=O)C(=O)C(CCc1ccccc1)NC(=O)c1nsnc1-c1ncccn1. The van der Waals surface area contributed by atoms with Crippen molar-refractivity contribution in [1.82, 2.24) is 24.0 Å². The van der Waals surface area contributed by atoms with Crippen molar-refractivity contribution in [2.24, 2.45) is 5.73 Å². The molecule has 0 spiro atoms. The van der Waals surface area contributed by atoms with Crippen LogP contribution in [0.25, 0.3) is 11.5 Å². The Hall–Kier alpha value is -3.53. The molecule has 2 heterocycles. The molecule has 0 aliphatic rings. The summed E-state index contributed by atoms with van der Waals surface area (Å²) in [6, 6.07) is 9.95. The molecule has 0 aliphatic heterocycles. The normalized spacial score (nSPS) is 11.6. The number of Topliss-reactive ketones (excluding diaryl/α,β-unsaturated/α-hetero) is 1. The number of carbonyl (C=O) groups is 3. The molecule has 1 atom stereocenters. The first-order chi connectivity index (χ1) is 13.6. The molecule has 3 rings (SSSR count). The molecule has 3 aromatic rings. The van der Waals surface area contributed by atoms with Crippen LogP contribution in [0.2, 0.25) is 0 Å². The Morgan fingerprint density at radius 2 is 1.75 bits per heavy atom. The number of nitrogens with one attached hydrogen (secondary N) is 1. The summed E-state index contributed by atoms with van der Waals surface area (Å²) >= 11 is 0.824. The summed E-state index contributed by atoms with van der Waals surface area (Å²) in [6.07, 6.45) is 3.73. The van der Waals surface area contributed by atoms with Crippen LogP contribution in [0.3, 0.4) is 0 Å². The van der Waals surface area contributed by atoms with Gasteiger partial charge in [0.15, 0.2) is 17.2 Å². The number of aryl methyl sites for hydroxylation is 1. The molecule has 0 saturated carbocycles. The zero-order valence-corrected chi connectivity index (χ0v) is 15.4. The Morgan fingerprint density at radius 1 is 1.04 bits per heavy atom. The van der Waals surface area contributed by atoms with Crippen molar-refractivity contribution in [3.63, 3.8) is 0 Å². The molecule has 142 valence electrons. The summed E-state index contributed by atoms with van der Waals surface area (Å²) < 4.78 is 8.04. The van der Waals surface area contributed by atoms with E-state index in [-0.39, 0.29) is 23.6 Å². The molecule has 0 aliphatic carbocycles. The topological polar surface area (TPSA) is 141 Å². The fourth-order valence-electron chi connectivity index (χ4n) is 2.53. The third-order valence-corrected chi connectivity index (χ3v) is 4.44. The van der Waals surface area contributed by atoms with Crippen molar-refractivity contribution < 1.29 is 14.4 Å². The van der Waals surface area contributed by atoms with Gasteiger partial charge in [0.1, 0.15) is 0 Å². The second-order valence-electron chi connectivity index (χ2n) is 5.81. The summed E-state index contributed by atoms with van der Waals surface area (Å²) in [5, 5.41) is 2.54. The highest BCUT2D eigenvalue weighted by molar-refractivity contribution is 6.99. The lowest BCUT2D eigenvalue weighted by Crippen LogP contribution is -2.46. The van der Waals surface area contributed by atoms with Crippen LogP contribution in [0, 0.1) is 0 Å². The van der Waals surface area contributed by atoms with Gasteiger partial charge in [0.25, 0.3) is 11.8 Å². The third kappa shape index (κ3) is 4.60. The summed E-state index contributed by atoms with van der Waals surface area (Å²) in [5.41, 5.74) is 6.29. The first kappa shape index (κ1) is 19.2. The van der Waals surface area contributed by atoms with Crippen molar-refractivity contribution in [3.8, 4) is 11.5 Å². The van der Waals surface area contributed by atoms with Crippen molar-refractivity contribution >= 4 is 29.3 Å². The van der Waals surface area contributed by atoms with Crippen molar-refractivity contribution in [1.29, 1.82) is 0 Å². The molecule has 0 saturated heterocycles. The summed E-state index contributed by atoms with van der Waals surface area (Å²) in [6.45, 7) is 0. The predicted molar refractivity (Wildman–Crippen MR) is 101 cm³/mol. The van der Waals surface area contributed by atoms with E-state index in [4.69, 9.17) is 5.73 Å². The van der Waals surface area contributed by atoms with Gasteiger partial charge in [-0.1, -0.05) is 30.3 Å². The van der Waals surface area contributed by atoms with Crippen molar-refractivity contribution in [2.45, 2.75) is 18.9 Å². The molecule has 0 bridgehead atoms. The van der Waals surface area contributed by atoms with Gasteiger partial charge in [-0.3, -0.25) is 14.4 Å². The van der Waals surface area contributed by atoms with Gasteiger partial charge in [-0.25, -0.2) is 9.97 Å². The van der Waals surface area contributed by atoms with Gasteiger partial charge in [0, 0.05) is 12.4 Å². The lowest BCUT2D eigenvalue weighted by atomic mass is 10.0. The maximum Gasteiger partial charge on any atom is 0.287 e. The Balaban J connectivity index is 1.77. The Morgan fingerprint density at radius 3 is 2.43 bits per heavy atom. The van der Waals surface area contributed by atoms with Gasteiger partial charge in [0.2, 0.25) is 5.78 Å². The number of ketones is 1. The average molecular weight is 396 g/mol. The van der Waals surface area contributed by atoms with E-state index in [2.05, 4.69) is 24.0 Å². The minimum Gasteiger partial charge on any atom is -0.363 e. The van der Waals surface area contributed by atoms with Crippen molar-refractivity contribution in [2.75, 3.05) is 0 Å². The number of hydrogen-bond acceptors (Lipinski definition) is 8. The molecule has 2 amide bonds. The molecule has 1 unspecified atom stereocenters. The molecule has 2 aromatic heterocycles. The van der Waals surface area contributed by atoms with Gasteiger partial charge in [0.05, 0.1) is 17.8 Å². The zero-order valence-electron chi connectivity index (χ0n) is 14.6. The number of primary amides is 1. The van der Waals surface area contributed by atoms with Gasteiger partial charge < -0.3 is 11.1 Å². The second-order valence-corrected chi connectivity index (χ2v) is 6.34. The highest BCUT2D eigenvalue weighted by Crippen LogP contribution is 2.17. The van der Waals surface area contributed by atoms with Crippen LogP contribution >= 0.6 is 11.7 Å². The second kappa shape index (κ2) is 8.91. The minimum atomic E-state index is -1.11. The lowest BCUT2D eigenvalue weighted by molar-refractivity contribution is -0.137. The number of amides is 2. The average Bonchev–Trinajstić information content (AvgIpc) is 3.22. The van der Waals surface area contributed by atoms with Gasteiger partial charge in [-0.15, -0.1) is 0 Å². The molecular weight excluding hydrogens is 380 g/mol. The van der Waals surface area contributed by atoms with Crippen LogP contribution in [-0.2, 0) is 16.0 Å². The van der Waals surface area contributed by atoms with Gasteiger partial charge in [-0.2, -0.15) is 8.75 Å². The Labute approximate surface area is 164 Å². The van der Waals surface area contributed by atoms with Crippen LogP contribution in [0.5, 0.6) is 0 Å². The van der Waals surface area contributed by atoms with E-state index in [1.54, 1.807) is 6.07 Å². The number of nitrogens with zero attached hydrogens (tertiary/aromatic N) is 4. The molecule has 3 N–H and O–H groups in total. The number of carbonyl (C=O) groups excluding carboxylic acids is 3. The van der Waals surface area contributed by atoms with E-state index in [1.165, 1.54) is 12.4 Å². The fourth-order valence-corrected chi connectivity index (χ4v) is 3.07. The molecule has 9 nitrogen and oxygen atoms in total. The van der Waals surface area contributed by atoms with E-state index in [0.717, 1.165) is 17.3 Å². The van der Waals surface area contributed by atoms with Crippen LogP contribution in [0.4, 0.5) is 0 Å². The smallest absolute Gasteiger partial charge is 0.287 e. The summed E-state index contributed by atoms with van der Waals surface area (Å²) in [7, 11) is 0. The van der Waals surface area contributed by atoms with Crippen molar-refractivity contribution in [3.05, 3.63) is 60.0 Å². The van der Waals surface area contributed by atoms with Crippen LogP contribution in [-0.4, -0.2) is 42.4 Å². The monoisotopic (exact) mass is 396 g/mol. The van der Waals surface area contributed by atoms with Crippen LogP contribution in [0.15, 0.2) is 48.8 Å². The van der Waals surface area contributed by atoms with Gasteiger partial charge >= 0.3 is 0 Å². The van der Waals surface area contributed by atoms with Gasteiger partial charge in [-0.05, 0) is 24.5 Å². The van der Waals surface area contributed by atoms with Crippen LogP contribution < -0.4 is 11.1 Å². The number of rotatable bonds is 8. The Kier molecular flexibility index (Phi) is 6.12.